The smallest absolute Gasteiger partial charge is 0.247 e. The first kappa shape index (κ1) is 15.9. The van der Waals surface area contributed by atoms with Crippen LogP contribution in [-0.2, 0) is 4.79 Å². The summed E-state index contributed by atoms with van der Waals surface area (Å²) in [5, 5.41) is 1.77. The molecule has 0 aliphatic carbocycles. The van der Waals surface area contributed by atoms with Crippen LogP contribution < -0.4 is 10.6 Å². The molecule has 0 radical (unpaired) electrons. The lowest BCUT2D eigenvalue weighted by atomic mass is 9.88. The van der Waals surface area contributed by atoms with Crippen molar-refractivity contribution in [1.82, 2.24) is 0 Å². The van der Waals surface area contributed by atoms with Crippen LogP contribution in [0.15, 0.2) is 36.4 Å². The molecule has 1 heterocycles. The van der Waals surface area contributed by atoms with Gasteiger partial charge in [0, 0.05) is 15.7 Å². The Morgan fingerprint density at radius 2 is 1.64 bits per heavy atom. The Morgan fingerprint density at radius 3 is 2.27 bits per heavy atom. The molecule has 22 heavy (non-hydrogen) atoms. The van der Waals surface area contributed by atoms with Gasteiger partial charge in [-0.05, 0) is 35.9 Å². The molecule has 0 unspecified atom stereocenters. The van der Waals surface area contributed by atoms with Crippen molar-refractivity contribution in [3.8, 4) is 0 Å². The molecule has 0 saturated carbocycles. The van der Waals surface area contributed by atoms with E-state index in [1.54, 1.807) is 41.3 Å². The van der Waals surface area contributed by atoms with Gasteiger partial charge in [0.05, 0.1) is 16.1 Å². The number of carbonyl (C=O) groups is 1. The molecule has 114 valence electrons. The molecule has 3 rings (SSSR count). The fourth-order valence-electron chi connectivity index (χ4n) is 2.51. The summed E-state index contributed by atoms with van der Waals surface area (Å²) in [6.07, 6.45) is 0. The molecule has 1 fully saturated rings. The summed E-state index contributed by atoms with van der Waals surface area (Å²) in [4.78, 5) is 13.7. The summed E-state index contributed by atoms with van der Waals surface area (Å²) in [6, 6.07) is 9.07. The molecule has 1 saturated heterocycles. The topological polar surface area (TPSA) is 46.3 Å². The van der Waals surface area contributed by atoms with E-state index in [0.717, 1.165) is 5.56 Å². The van der Waals surface area contributed by atoms with Crippen molar-refractivity contribution in [2.45, 2.75) is 12.1 Å². The predicted octanol–water partition coefficient (Wildman–Crippen LogP) is 4.72. The van der Waals surface area contributed by atoms with Crippen LogP contribution in [0.25, 0.3) is 0 Å². The summed E-state index contributed by atoms with van der Waals surface area (Å²) in [5.41, 5.74) is 7.32. The quantitative estimate of drug-likeness (QED) is 0.772. The van der Waals surface area contributed by atoms with Crippen LogP contribution in [0.4, 0.5) is 5.69 Å². The maximum atomic E-state index is 12.2. The third-order valence-corrected chi connectivity index (χ3v) is 4.90. The van der Waals surface area contributed by atoms with Crippen molar-refractivity contribution in [3.05, 3.63) is 62.1 Å². The number of halogens is 4. The van der Waals surface area contributed by atoms with Gasteiger partial charge in [-0.2, -0.15) is 0 Å². The lowest BCUT2D eigenvalue weighted by Crippen LogP contribution is -2.63. The molecule has 0 spiro atoms. The number of carbonyl (C=O) groups excluding carboxylic acids is 1. The fraction of sp³-hybridized carbons (Fsp3) is 0.133. The van der Waals surface area contributed by atoms with Gasteiger partial charge in [0.2, 0.25) is 5.91 Å². The van der Waals surface area contributed by atoms with Crippen molar-refractivity contribution < 1.29 is 4.79 Å². The molecule has 2 aromatic carbocycles. The molecular formula is C15H10Cl4N2O. The number of hydrogen-bond acceptors (Lipinski definition) is 2. The molecule has 3 nitrogen and oxygen atoms in total. The second-order valence-electron chi connectivity index (χ2n) is 4.94. The highest BCUT2D eigenvalue weighted by Gasteiger charge is 2.47. The highest BCUT2D eigenvalue weighted by Crippen LogP contribution is 2.42. The van der Waals surface area contributed by atoms with Gasteiger partial charge in [-0.25, -0.2) is 0 Å². The minimum absolute atomic E-state index is 0.200. The Balaban J connectivity index is 2.02. The van der Waals surface area contributed by atoms with Crippen molar-refractivity contribution in [2.24, 2.45) is 5.73 Å². The van der Waals surface area contributed by atoms with Gasteiger partial charge in [0.1, 0.15) is 6.04 Å². The monoisotopic (exact) mass is 374 g/mol. The molecule has 2 N–H and O–H groups in total. The molecule has 7 heteroatoms. The predicted molar refractivity (Wildman–Crippen MR) is 91.1 cm³/mol. The van der Waals surface area contributed by atoms with E-state index in [-0.39, 0.29) is 11.9 Å². The Bertz CT molecular complexity index is 765. The van der Waals surface area contributed by atoms with Crippen LogP contribution in [-0.4, -0.2) is 11.9 Å². The van der Waals surface area contributed by atoms with Crippen LogP contribution in [0.2, 0.25) is 20.1 Å². The van der Waals surface area contributed by atoms with E-state index in [1.807, 2.05) is 0 Å². The summed E-state index contributed by atoms with van der Waals surface area (Å²) < 4.78 is 0. The van der Waals surface area contributed by atoms with Gasteiger partial charge in [0.15, 0.2) is 0 Å². The zero-order valence-corrected chi connectivity index (χ0v) is 14.1. The minimum Gasteiger partial charge on any atom is -0.318 e. The first-order valence-electron chi connectivity index (χ1n) is 6.39. The molecule has 2 atom stereocenters. The minimum atomic E-state index is -0.659. The van der Waals surface area contributed by atoms with Gasteiger partial charge < -0.3 is 10.6 Å². The Hall–Kier alpha value is -0.970. The normalized spacial score (nSPS) is 21.0. The second kappa shape index (κ2) is 5.91. The van der Waals surface area contributed by atoms with Crippen LogP contribution >= 0.6 is 46.4 Å². The maximum absolute atomic E-state index is 12.2. The van der Waals surface area contributed by atoms with Gasteiger partial charge in [0.25, 0.3) is 0 Å². The van der Waals surface area contributed by atoms with E-state index < -0.39 is 6.04 Å². The number of benzene rings is 2. The number of nitrogens with zero attached hydrogens (tertiary/aromatic N) is 1. The lowest BCUT2D eigenvalue weighted by molar-refractivity contribution is -0.126. The van der Waals surface area contributed by atoms with Gasteiger partial charge >= 0.3 is 0 Å². The number of anilines is 1. The van der Waals surface area contributed by atoms with Crippen molar-refractivity contribution in [3.63, 3.8) is 0 Å². The van der Waals surface area contributed by atoms with E-state index in [0.29, 0.717) is 25.8 Å². The zero-order valence-electron chi connectivity index (χ0n) is 11.1. The summed E-state index contributed by atoms with van der Waals surface area (Å²) >= 11 is 24.1. The van der Waals surface area contributed by atoms with E-state index in [2.05, 4.69) is 0 Å². The highest BCUT2D eigenvalue weighted by atomic mass is 35.5. The maximum Gasteiger partial charge on any atom is 0.247 e. The average Bonchev–Trinajstić information content (AvgIpc) is 2.48. The first-order valence-corrected chi connectivity index (χ1v) is 7.90. The number of β-lactam (4-membered cyclic amide) rings is 1. The molecule has 0 bridgehead atoms. The van der Waals surface area contributed by atoms with Crippen LogP contribution in [0.1, 0.15) is 11.6 Å². The molecular weight excluding hydrogens is 366 g/mol. The molecule has 1 aliphatic heterocycles. The Labute approximate surface area is 147 Å². The standard InChI is InChI=1S/C15H10Cl4N2O/c16-7-1-3-9(11(18)5-7)14-13(20)15(22)21(14)8-2-4-10(17)12(19)6-8/h1-6,13-14H,20H2/t13-,14-/m1/s1. The molecule has 1 aliphatic rings. The Kier molecular flexibility index (Phi) is 4.27. The third-order valence-electron chi connectivity index (χ3n) is 3.60. The summed E-state index contributed by atoms with van der Waals surface area (Å²) in [7, 11) is 0. The fourth-order valence-corrected chi connectivity index (χ4v) is 3.32. The third kappa shape index (κ3) is 2.57. The van der Waals surface area contributed by atoms with Gasteiger partial charge in [-0.1, -0.05) is 52.5 Å². The van der Waals surface area contributed by atoms with Crippen LogP contribution in [0.5, 0.6) is 0 Å². The van der Waals surface area contributed by atoms with Crippen LogP contribution in [0, 0.1) is 0 Å². The van der Waals surface area contributed by atoms with E-state index in [9.17, 15) is 4.79 Å². The lowest BCUT2D eigenvalue weighted by Gasteiger charge is -2.46. The van der Waals surface area contributed by atoms with E-state index in [1.165, 1.54) is 0 Å². The van der Waals surface area contributed by atoms with Gasteiger partial charge in [-0.15, -0.1) is 0 Å². The molecule has 2 aromatic rings. The van der Waals surface area contributed by atoms with Crippen molar-refractivity contribution in [1.29, 1.82) is 0 Å². The van der Waals surface area contributed by atoms with E-state index >= 15 is 0 Å². The number of rotatable bonds is 2. The number of hydrogen-bond donors (Lipinski definition) is 1. The molecule has 1 amide bonds. The summed E-state index contributed by atoms with van der Waals surface area (Å²) in [5.74, 6) is -0.200. The van der Waals surface area contributed by atoms with Crippen LogP contribution in [0.3, 0.4) is 0 Å². The average molecular weight is 376 g/mol. The van der Waals surface area contributed by atoms with Crippen molar-refractivity contribution >= 4 is 58.0 Å². The van der Waals surface area contributed by atoms with Crippen molar-refractivity contribution in [2.75, 3.05) is 4.90 Å². The number of nitrogens with two attached hydrogens (primary N) is 1. The second-order valence-corrected chi connectivity index (χ2v) is 6.60. The van der Waals surface area contributed by atoms with E-state index in [4.69, 9.17) is 52.1 Å². The van der Waals surface area contributed by atoms with Gasteiger partial charge in [-0.3, -0.25) is 4.79 Å². The zero-order chi connectivity index (χ0) is 16.0. The number of amides is 1. The molecule has 0 aromatic heterocycles. The first-order chi connectivity index (χ1) is 10.4. The Morgan fingerprint density at radius 1 is 0.909 bits per heavy atom. The summed E-state index contributed by atoms with van der Waals surface area (Å²) in [6.45, 7) is 0. The largest absolute Gasteiger partial charge is 0.318 e. The SMILES string of the molecule is N[C@H]1C(=O)N(c2ccc(Cl)c(Cl)c2)[C@@H]1c1ccc(Cl)cc1Cl. The highest BCUT2D eigenvalue weighted by molar-refractivity contribution is 6.42.